The fraction of sp³-hybridized carbons (Fsp3) is 0.348. The van der Waals surface area contributed by atoms with E-state index < -0.39 is 12.0 Å². The molecular weight excluding hydrogens is 398 g/mol. The molecule has 156 valence electrons. The molecule has 2 aromatic rings. The minimum Gasteiger partial charge on any atom is -0.496 e. The van der Waals surface area contributed by atoms with Crippen LogP contribution in [0, 0.1) is 12.8 Å². The van der Waals surface area contributed by atoms with E-state index in [4.69, 9.17) is 4.74 Å². The Morgan fingerprint density at radius 1 is 1.20 bits per heavy atom. The number of methoxy groups -OCH3 is 1. The highest BCUT2D eigenvalue weighted by atomic mass is 32.2. The number of aliphatic imine (C=N–C) groups is 1. The number of aryl methyl sites for hydroxylation is 1. The van der Waals surface area contributed by atoms with Gasteiger partial charge in [-0.1, -0.05) is 47.7 Å². The molecule has 0 radical (unpaired) electrons. The first-order valence-corrected chi connectivity index (χ1v) is 11.1. The molecule has 0 aromatic heterocycles. The summed E-state index contributed by atoms with van der Waals surface area (Å²) in [7, 11) is 1.61. The number of carbonyl (C=O) groups is 2. The van der Waals surface area contributed by atoms with E-state index >= 15 is 0 Å². The van der Waals surface area contributed by atoms with Crippen LogP contribution in [0.3, 0.4) is 0 Å². The Morgan fingerprint density at radius 3 is 2.67 bits per heavy atom. The molecule has 2 aliphatic rings. The smallest absolute Gasteiger partial charge is 0.231 e. The summed E-state index contributed by atoms with van der Waals surface area (Å²) >= 11 is 1.55. The number of para-hydroxylation sites is 1. The van der Waals surface area contributed by atoms with Crippen molar-refractivity contribution in [3.63, 3.8) is 0 Å². The molecule has 0 aliphatic carbocycles. The third-order valence-electron chi connectivity index (χ3n) is 5.52. The van der Waals surface area contributed by atoms with Gasteiger partial charge in [0, 0.05) is 23.4 Å². The summed E-state index contributed by atoms with van der Waals surface area (Å²) in [5.41, 5.74) is 2.73. The van der Waals surface area contributed by atoms with Crippen LogP contribution in [0.5, 0.6) is 5.75 Å². The van der Waals surface area contributed by atoms with Crippen molar-refractivity contribution in [1.29, 1.82) is 0 Å². The van der Waals surface area contributed by atoms with Crippen LogP contribution in [0.1, 0.15) is 30.0 Å². The summed E-state index contributed by atoms with van der Waals surface area (Å²) in [6, 6.07) is 15.0. The van der Waals surface area contributed by atoms with Crippen LogP contribution in [0.15, 0.2) is 53.5 Å². The number of nitrogens with one attached hydrogen (secondary N) is 1. The van der Waals surface area contributed by atoms with E-state index in [0.717, 1.165) is 29.1 Å². The van der Waals surface area contributed by atoms with E-state index in [9.17, 15) is 9.59 Å². The highest BCUT2D eigenvalue weighted by Crippen LogP contribution is 2.43. The lowest BCUT2D eigenvalue weighted by Gasteiger charge is -2.41. The SMILES string of the molecule is COc1ccccc1C1C(C(=O)NC2=NCCS2)CCC(=O)N1c1ccc(C)cc1. The summed E-state index contributed by atoms with van der Waals surface area (Å²) in [4.78, 5) is 32.5. The number of piperidine rings is 1. The van der Waals surface area contributed by atoms with Crippen molar-refractivity contribution in [3.8, 4) is 5.75 Å². The zero-order valence-electron chi connectivity index (χ0n) is 17.1. The second kappa shape index (κ2) is 8.92. The first-order valence-electron chi connectivity index (χ1n) is 10.1. The fourth-order valence-corrected chi connectivity index (χ4v) is 4.78. The number of amides is 2. The summed E-state index contributed by atoms with van der Waals surface area (Å²) in [5.74, 6) is 1.03. The molecule has 0 bridgehead atoms. The molecule has 2 aromatic carbocycles. The van der Waals surface area contributed by atoms with E-state index in [1.807, 2.05) is 55.5 Å². The molecule has 2 atom stereocenters. The van der Waals surface area contributed by atoms with Crippen molar-refractivity contribution in [3.05, 3.63) is 59.7 Å². The number of benzene rings is 2. The van der Waals surface area contributed by atoms with Gasteiger partial charge < -0.3 is 15.0 Å². The second-order valence-electron chi connectivity index (χ2n) is 7.46. The highest BCUT2D eigenvalue weighted by molar-refractivity contribution is 8.14. The van der Waals surface area contributed by atoms with Gasteiger partial charge in [-0.05, 0) is 31.5 Å². The van der Waals surface area contributed by atoms with Crippen molar-refractivity contribution in [2.75, 3.05) is 24.3 Å². The summed E-state index contributed by atoms with van der Waals surface area (Å²) < 4.78 is 5.60. The largest absolute Gasteiger partial charge is 0.496 e. The van der Waals surface area contributed by atoms with Crippen LogP contribution in [-0.2, 0) is 9.59 Å². The summed E-state index contributed by atoms with van der Waals surface area (Å²) in [6.07, 6.45) is 0.797. The van der Waals surface area contributed by atoms with Gasteiger partial charge in [0.15, 0.2) is 5.17 Å². The maximum absolute atomic E-state index is 13.3. The van der Waals surface area contributed by atoms with Gasteiger partial charge in [-0.3, -0.25) is 14.6 Å². The minimum absolute atomic E-state index is 0.00592. The third kappa shape index (κ3) is 4.07. The van der Waals surface area contributed by atoms with Gasteiger partial charge in [0.05, 0.1) is 25.6 Å². The molecule has 1 saturated heterocycles. The van der Waals surface area contributed by atoms with Crippen molar-refractivity contribution in [2.24, 2.45) is 10.9 Å². The van der Waals surface area contributed by atoms with Crippen molar-refractivity contribution >= 4 is 34.4 Å². The van der Waals surface area contributed by atoms with Gasteiger partial charge in [0.2, 0.25) is 11.8 Å². The average Bonchev–Trinajstić information content (AvgIpc) is 3.27. The van der Waals surface area contributed by atoms with E-state index in [1.165, 1.54) is 0 Å². The number of ether oxygens (including phenoxy) is 1. The van der Waals surface area contributed by atoms with Crippen molar-refractivity contribution in [1.82, 2.24) is 5.32 Å². The Hall–Kier alpha value is -2.80. The number of amidine groups is 1. The molecule has 7 heteroatoms. The van der Waals surface area contributed by atoms with Gasteiger partial charge >= 0.3 is 0 Å². The third-order valence-corrected chi connectivity index (χ3v) is 6.41. The zero-order valence-corrected chi connectivity index (χ0v) is 17.9. The molecule has 1 N–H and O–H groups in total. The predicted octanol–water partition coefficient (Wildman–Crippen LogP) is 3.71. The fourth-order valence-electron chi connectivity index (χ4n) is 4.05. The lowest BCUT2D eigenvalue weighted by molar-refractivity contribution is -0.128. The first-order chi connectivity index (χ1) is 14.6. The maximum Gasteiger partial charge on any atom is 0.231 e. The molecule has 6 nitrogen and oxygen atoms in total. The first kappa shape index (κ1) is 20.5. The number of hydrogen-bond donors (Lipinski definition) is 1. The Kier molecular flexibility index (Phi) is 6.08. The van der Waals surface area contributed by atoms with Gasteiger partial charge in [0.25, 0.3) is 0 Å². The Bertz CT molecular complexity index is 974. The van der Waals surface area contributed by atoms with Crippen LogP contribution < -0.4 is 15.0 Å². The standard InChI is InChI=1S/C23H25N3O3S/c1-15-7-9-16(10-8-15)26-20(27)12-11-18(22(28)25-23-24-13-14-30-23)21(26)17-5-3-4-6-19(17)29-2/h3-10,18,21H,11-14H2,1-2H3,(H,24,25,28). The molecule has 1 fully saturated rings. The summed E-state index contributed by atoms with van der Waals surface area (Å²) in [5, 5.41) is 3.64. The Balaban J connectivity index is 1.77. The maximum atomic E-state index is 13.3. The van der Waals surface area contributed by atoms with Crippen molar-refractivity contribution in [2.45, 2.75) is 25.8 Å². The minimum atomic E-state index is -0.461. The van der Waals surface area contributed by atoms with E-state index in [-0.39, 0.29) is 11.8 Å². The molecule has 2 heterocycles. The molecule has 0 saturated carbocycles. The number of rotatable bonds is 4. The van der Waals surface area contributed by atoms with Gasteiger partial charge in [-0.15, -0.1) is 0 Å². The highest BCUT2D eigenvalue weighted by Gasteiger charge is 2.43. The van der Waals surface area contributed by atoms with E-state index in [0.29, 0.717) is 23.8 Å². The zero-order chi connectivity index (χ0) is 21.1. The molecule has 2 aliphatic heterocycles. The van der Waals surface area contributed by atoms with Gasteiger partial charge in [-0.2, -0.15) is 0 Å². The molecule has 0 spiro atoms. The van der Waals surface area contributed by atoms with Crippen LogP contribution in [0.4, 0.5) is 5.69 Å². The number of anilines is 1. The quantitative estimate of drug-likeness (QED) is 0.814. The monoisotopic (exact) mass is 423 g/mol. The van der Waals surface area contributed by atoms with Crippen LogP contribution >= 0.6 is 11.8 Å². The molecule has 2 amide bonds. The second-order valence-corrected chi connectivity index (χ2v) is 8.54. The number of hydrogen-bond acceptors (Lipinski definition) is 5. The number of nitrogens with zero attached hydrogens (tertiary/aromatic N) is 2. The Morgan fingerprint density at radius 2 is 1.97 bits per heavy atom. The summed E-state index contributed by atoms with van der Waals surface area (Å²) in [6.45, 7) is 2.73. The number of thioether (sulfide) groups is 1. The molecule has 4 rings (SSSR count). The molecular formula is C23H25N3O3S. The van der Waals surface area contributed by atoms with Gasteiger partial charge in [0.1, 0.15) is 5.75 Å². The molecule has 2 unspecified atom stereocenters. The topological polar surface area (TPSA) is 71.0 Å². The van der Waals surface area contributed by atoms with E-state index in [1.54, 1.807) is 23.8 Å². The molecule has 30 heavy (non-hydrogen) atoms. The Labute approximate surface area is 180 Å². The van der Waals surface area contributed by atoms with Crippen molar-refractivity contribution < 1.29 is 14.3 Å². The lowest BCUT2D eigenvalue weighted by Crippen LogP contribution is -2.49. The number of carbonyl (C=O) groups excluding carboxylic acids is 2. The predicted molar refractivity (Wildman–Crippen MR) is 120 cm³/mol. The average molecular weight is 424 g/mol. The van der Waals surface area contributed by atoms with Crippen LogP contribution in [0.2, 0.25) is 0 Å². The van der Waals surface area contributed by atoms with E-state index in [2.05, 4.69) is 10.3 Å². The lowest BCUT2D eigenvalue weighted by atomic mass is 9.82. The van der Waals surface area contributed by atoms with Gasteiger partial charge in [-0.25, -0.2) is 0 Å². The normalized spacial score (nSPS) is 21.3. The van der Waals surface area contributed by atoms with Crippen LogP contribution in [-0.4, -0.2) is 36.4 Å². The van der Waals surface area contributed by atoms with Crippen LogP contribution in [0.25, 0.3) is 0 Å².